The molecule has 0 heterocycles. The highest BCUT2D eigenvalue weighted by Gasteiger charge is 2.44. The van der Waals surface area contributed by atoms with Crippen molar-refractivity contribution in [2.45, 2.75) is 55.9 Å². The molecule has 0 saturated carbocycles. The first-order valence-electron chi connectivity index (χ1n) is 11.4. The third-order valence-electron chi connectivity index (χ3n) is 5.45. The molecule has 16 heteroatoms. The number of sulfone groups is 1. The van der Waals surface area contributed by atoms with Crippen LogP contribution in [0.15, 0.2) is 30.3 Å². The van der Waals surface area contributed by atoms with Crippen LogP contribution in [-0.2, 0) is 62.3 Å². The fourth-order valence-electron chi connectivity index (χ4n) is 3.47. The Morgan fingerprint density at radius 3 is 2.13 bits per heavy atom. The molecule has 5 atom stereocenters. The number of ether oxygens (including phenoxy) is 2. The molecule has 3 N–H and O–H groups in total. The number of benzene rings is 1. The summed E-state index contributed by atoms with van der Waals surface area (Å²) in [6.45, 7) is 2.15. The van der Waals surface area contributed by atoms with Gasteiger partial charge in [-0.15, -0.1) is 0 Å². The predicted molar refractivity (Wildman–Crippen MR) is 136 cm³/mol. The fourth-order valence-corrected chi connectivity index (χ4v) is 6.00. The first kappa shape index (κ1) is 33.8. The van der Waals surface area contributed by atoms with E-state index in [1.807, 2.05) is 0 Å². The van der Waals surface area contributed by atoms with E-state index in [1.165, 1.54) is 6.92 Å². The lowest BCUT2D eigenvalue weighted by Gasteiger charge is -2.43. The molecule has 0 spiro atoms. The summed E-state index contributed by atoms with van der Waals surface area (Å²) >= 11 is -6.75. The molecule has 0 fully saturated rings. The number of nitrogens with two attached hydrogens (primary N) is 1. The van der Waals surface area contributed by atoms with Crippen LogP contribution in [0.2, 0.25) is 0 Å². The smallest absolute Gasteiger partial charge is 0.328 e. The van der Waals surface area contributed by atoms with Crippen molar-refractivity contribution < 1.29 is 49.8 Å². The van der Waals surface area contributed by atoms with E-state index >= 15 is 0 Å². The second-order valence-electron chi connectivity index (χ2n) is 8.52. The van der Waals surface area contributed by atoms with Crippen LogP contribution in [-0.4, -0.2) is 78.8 Å². The third-order valence-corrected chi connectivity index (χ3v) is 9.31. The largest absolute Gasteiger partial charge is 0.771 e. The van der Waals surface area contributed by atoms with Gasteiger partial charge in [0, 0.05) is 31.6 Å². The maximum Gasteiger partial charge on any atom is 0.328 e. The SMILES string of the molecule is CCC(=O)OC(C)OC(=O)CNC(=O)C(Cc1ccccc1)CC(C(N)CCS(C)(=O)=O)(S(=O)[O-])S(=O)[O-]. The molecule has 1 aromatic carbocycles. The topological polar surface area (TPSA) is 222 Å². The Morgan fingerprint density at radius 1 is 1.08 bits per heavy atom. The quantitative estimate of drug-likeness (QED) is 0.139. The Morgan fingerprint density at radius 2 is 1.63 bits per heavy atom. The standard InChI is InChI=1S/C22H34N2O11S3/c1-4-19(25)34-15(2)35-20(26)14-24-21(27)17(12-16-8-6-5-7-9-16)13-22(36(28)29,37(30)31)18(23)10-11-38(3,32)33/h5-9,15,17-18H,4,10-14,23H2,1-3H3,(H,24,27)(H,28,29)(H,30,31)/p-2. The summed E-state index contributed by atoms with van der Waals surface area (Å²) in [5, 5.41) is 2.28. The zero-order valence-corrected chi connectivity index (χ0v) is 23.6. The molecule has 1 aromatic rings. The second kappa shape index (κ2) is 15.4. The molecule has 1 rings (SSSR count). The molecule has 0 aliphatic heterocycles. The van der Waals surface area contributed by atoms with Gasteiger partial charge in [-0.05, 0) is 47.0 Å². The van der Waals surface area contributed by atoms with Crippen molar-refractivity contribution in [3.05, 3.63) is 35.9 Å². The van der Waals surface area contributed by atoms with Gasteiger partial charge >= 0.3 is 11.9 Å². The van der Waals surface area contributed by atoms with Crippen molar-refractivity contribution in [3.8, 4) is 0 Å². The van der Waals surface area contributed by atoms with E-state index in [4.69, 9.17) is 15.2 Å². The van der Waals surface area contributed by atoms with Gasteiger partial charge in [-0.1, -0.05) is 37.3 Å². The minimum atomic E-state index is -3.61. The zero-order valence-electron chi connectivity index (χ0n) is 21.2. The number of carbonyl (C=O) groups is 3. The lowest BCUT2D eigenvalue weighted by Crippen LogP contribution is -2.57. The van der Waals surface area contributed by atoms with Gasteiger partial charge in [0.15, 0.2) is 0 Å². The summed E-state index contributed by atoms with van der Waals surface area (Å²) in [6, 6.07) is 6.59. The lowest BCUT2D eigenvalue weighted by molar-refractivity contribution is -0.183. The monoisotopic (exact) mass is 596 g/mol. The maximum absolute atomic E-state index is 13.1. The van der Waals surface area contributed by atoms with Crippen molar-refractivity contribution >= 4 is 49.8 Å². The van der Waals surface area contributed by atoms with Gasteiger partial charge in [0.05, 0.1) is 5.75 Å². The van der Waals surface area contributed by atoms with Crippen molar-refractivity contribution in [3.63, 3.8) is 0 Å². The number of hydrogen-bond acceptors (Lipinski definition) is 12. The van der Waals surface area contributed by atoms with E-state index in [2.05, 4.69) is 5.32 Å². The number of amides is 1. The second-order valence-corrected chi connectivity index (χ2v) is 13.4. The van der Waals surface area contributed by atoms with Crippen LogP contribution in [0.5, 0.6) is 0 Å². The molecule has 0 saturated heterocycles. The van der Waals surface area contributed by atoms with Crippen molar-refractivity contribution in [2.75, 3.05) is 18.6 Å². The summed E-state index contributed by atoms with van der Waals surface area (Å²) in [7, 11) is -3.61. The van der Waals surface area contributed by atoms with Gasteiger partial charge in [-0.25, -0.2) is 8.42 Å². The Balaban J connectivity index is 3.19. The van der Waals surface area contributed by atoms with Crippen molar-refractivity contribution in [1.82, 2.24) is 5.32 Å². The minimum Gasteiger partial charge on any atom is -0.771 e. The molecule has 5 unspecified atom stereocenters. The highest BCUT2D eigenvalue weighted by atomic mass is 32.3. The zero-order chi connectivity index (χ0) is 29.1. The normalized spacial score (nSPS) is 17.2. The van der Waals surface area contributed by atoms with E-state index in [9.17, 15) is 40.3 Å². The molecule has 0 aromatic heterocycles. The third kappa shape index (κ3) is 10.9. The summed E-state index contributed by atoms with van der Waals surface area (Å²) < 4.78 is 79.2. The van der Waals surface area contributed by atoms with Gasteiger partial charge in [0.25, 0.3) is 0 Å². The van der Waals surface area contributed by atoms with Crippen LogP contribution in [0.1, 0.15) is 38.7 Å². The van der Waals surface area contributed by atoms with Gasteiger partial charge in [0.2, 0.25) is 12.2 Å². The number of carbonyl (C=O) groups excluding carboxylic acids is 3. The number of esters is 2. The molecule has 0 bridgehead atoms. The van der Waals surface area contributed by atoms with E-state index in [0.717, 1.165) is 6.26 Å². The summed E-state index contributed by atoms with van der Waals surface area (Å²) in [4.78, 5) is 36.5. The fraction of sp³-hybridized carbons (Fsp3) is 0.591. The van der Waals surface area contributed by atoms with Crippen molar-refractivity contribution in [2.24, 2.45) is 11.7 Å². The summed E-state index contributed by atoms with van der Waals surface area (Å²) in [5.41, 5.74) is 6.49. The summed E-state index contributed by atoms with van der Waals surface area (Å²) in [5.74, 6) is -4.35. The maximum atomic E-state index is 13.1. The molecule has 1 amide bonds. The molecular weight excluding hydrogens is 564 g/mol. The predicted octanol–water partition coefficient (Wildman–Crippen LogP) is -0.589. The summed E-state index contributed by atoms with van der Waals surface area (Å²) in [6.07, 6.45) is -1.72. The first-order valence-corrected chi connectivity index (χ1v) is 15.7. The van der Waals surface area contributed by atoms with E-state index in [1.54, 1.807) is 37.3 Å². The molecule has 0 aliphatic rings. The average molecular weight is 597 g/mol. The Labute approximate surface area is 226 Å². The molecule has 0 radical (unpaired) electrons. The van der Waals surface area contributed by atoms with E-state index in [-0.39, 0.29) is 12.8 Å². The lowest BCUT2D eigenvalue weighted by atomic mass is 9.91. The van der Waals surface area contributed by atoms with Crippen molar-refractivity contribution in [1.29, 1.82) is 0 Å². The van der Waals surface area contributed by atoms with Gasteiger partial charge in [0.1, 0.15) is 20.5 Å². The van der Waals surface area contributed by atoms with Crippen LogP contribution in [0.25, 0.3) is 0 Å². The van der Waals surface area contributed by atoms with Crippen LogP contribution >= 0.6 is 0 Å². The highest BCUT2D eigenvalue weighted by Crippen LogP contribution is 2.32. The van der Waals surface area contributed by atoms with Crippen LogP contribution in [0.4, 0.5) is 0 Å². The van der Waals surface area contributed by atoms with Crippen LogP contribution < -0.4 is 11.1 Å². The molecule has 0 aliphatic carbocycles. The van der Waals surface area contributed by atoms with Crippen LogP contribution in [0, 0.1) is 5.92 Å². The molecule has 216 valence electrons. The van der Waals surface area contributed by atoms with Crippen LogP contribution in [0.3, 0.4) is 0 Å². The molecule has 38 heavy (non-hydrogen) atoms. The Kier molecular flexibility index (Phi) is 13.7. The Bertz CT molecular complexity index is 1100. The van der Waals surface area contributed by atoms with Gasteiger partial charge in [-0.2, -0.15) is 0 Å². The minimum absolute atomic E-state index is 0.0516. The Hall–Kier alpha value is -2.24. The number of nitrogens with one attached hydrogen (secondary N) is 1. The number of rotatable bonds is 16. The van der Waals surface area contributed by atoms with Gasteiger partial charge < -0.3 is 29.6 Å². The highest BCUT2D eigenvalue weighted by molar-refractivity contribution is 7.99. The van der Waals surface area contributed by atoms with E-state index < -0.39 is 97.3 Å². The molecular formula is C22H32N2O11S3-2. The molecule has 13 nitrogen and oxygen atoms in total. The first-order chi connectivity index (χ1) is 17.6. The van der Waals surface area contributed by atoms with E-state index in [0.29, 0.717) is 5.56 Å². The number of hydrogen-bond donors (Lipinski definition) is 2. The van der Waals surface area contributed by atoms with Gasteiger partial charge in [-0.3, -0.25) is 22.8 Å². The average Bonchev–Trinajstić information content (AvgIpc) is 2.83.